The topological polar surface area (TPSA) is 62.4 Å². The van der Waals surface area contributed by atoms with Crippen LogP contribution in [0.15, 0.2) is 29.3 Å². The number of hydrazine groups is 1. The Labute approximate surface area is 102 Å². The van der Waals surface area contributed by atoms with Gasteiger partial charge < -0.3 is 5.32 Å². The van der Waals surface area contributed by atoms with E-state index in [4.69, 9.17) is 5.84 Å². The molecule has 92 valence electrons. The van der Waals surface area contributed by atoms with Crippen molar-refractivity contribution in [3.05, 3.63) is 35.4 Å². The molecule has 1 aliphatic rings. The number of nitrogens with two attached hydrogens (primary N) is 1. The number of guanidine groups is 1. The molecule has 1 aromatic rings. The van der Waals surface area contributed by atoms with Gasteiger partial charge in [-0.1, -0.05) is 24.3 Å². The predicted molar refractivity (Wildman–Crippen MR) is 70.7 cm³/mol. The van der Waals surface area contributed by atoms with Gasteiger partial charge in [0.25, 0.3) is 0 Å². The fourth-order valence-electron chi connectivity index (χ4n) is 1.73. The van der Waals surface area contributed by atoms with Gasteiger partial charge in [-0.25, -0.2) is 5.84 Å². The number of nitrogens with one attached hydrogen (secondary N) is 2. The summed E-state index contributed by atoms with van der Waals surface area (Å²) in [6.07, 6.45) is 3.39. The van der Waals surface area contributed by atoms with E-state index in [1.165, 1.54) is 24.0 Å². The van der Waals surface area contributed by atoms with Crippen LogP contribution in [-0.2, 0) is 6.42 Å². The van der Waals surface area contributed by atoms with Crippen molar-refractivity contribution in [1.82, 2.24) is 10.7 Å². The van der Waals surface area contributed by atoms with Crippen molar-refractivity contribution < 1.29 is 0 Å². The third-order valence-corrected chi connectivity index (χ3v) is 2.97. The van der Waals surface area contributed by atoms with Crippen LogP contribution in [0.4, 0.5) is 0 Å². The predicted octanol–water partition coefficient (Wildman–Crippen LogP) is 1.11. The van der Waals surface area contributed by atoms with Gasteiger partial charge >= 0.3 is 0 Å². The zero-order chi connectivity index (χ0) is 12.1. The molecule has 0 amide bonds. The van der Waals surface area contributed by atoms with Crippen molar-refractivity contribution in [1.29, 1.82) is 0 Å². The molecule has 0 radical (unpaired) electrons. The van der Waals surface area contributed by atoms with E-state index in [1.54, 1.807) is 0 Å². The van der Waals surface area contributed by atoms with Crippen LogP contribution in [0, 0.1) is 6.92 Å². The molecule has 0 aliphatic heterocycles. The Balaban J connectivity index is 1.84. The van der Waals surface area contributed by atoms with Crippen LogP contribution in [0.1, 0.15) is 24.0 Å². The van der Waals surface area contributed by atoms with Crippen molar-refractivity contribution in [2.75, 3.05) is 6.54 Å². The minimum absolute atomic E-state index is 0.572. The lowest BCUT2D eigenvalue weighted by molar-refractivity contribution is 0.815. The van der Waals surface area contributed by atoms with Crippen LogP contribution in [0.25, 0.3) is 0 Å². The third-order valence-electron chi connectivity index (χ3n) is 2.97. The highest BCUT2D eigenvalue weighted by Gasteiger charge is 2.21. The second-order valence-electron chi connectivity index (χ2n) is 4.47. The summed E-state index contributed by atoms with van der Waals surface area (Å²) in [5.41, 5.74) is 5.28. The maximum absolute atomic E-state index is 5.41. The molecule has 1 saturated carbocycles. The summed E-state index contributed by atoms with van der Waals surface area (Å²) in [4.78, 5) is 4.43. The van der Waals surface area contributed by atoms with Crippen LogP contribution >= 0.6 is 0 Å². The average molecular weight is 232 g/mol. The molecular formula is C13H20N4. The third kappa shape index (κ3) is 3.75. The molecule has 0 bridgehead atoms. The molecule has 0 atom stereocenters. The Bertz CT molecular complexity index is 396. The van der Waals surface area contributed by atoms with Gasteiger partial charge in [-0.3, -0.25) is 10.4 Å². The number of aryl methyl sites for hydroxylation is 1. The first-order chi connectivity index (χ1) is 8.29. The van der Waals surface area contributed by atoms with Gasteiger partial charge in [-0.15, -0.1) is 0 Å². The normalized spacial score (nSPS) is 15.8. The van der Waals surface area contributed by atoms with Gasteiger partial charge in [0.1, 0.15) is 0 Å². The molecule has 0 heterocycles. The van der Waals surface area contributed by atoms with E-state index in [9.17, 15) is 0 Å². The van der Waals surface area contributed by atoms with Crippen LogP contribution in [-0.4, -0.2) is 18.5 Å². The zero-order valence-electron chi connectivity index (χ0n) is 10.2. The van der Waals surface area contributed by atoms with Gasteiger partial charge in [0.2, 0.25) is 5.96 Å². The minimum Gasteiger partial charge on any atom is -0.353 e. The van der Waals surface area contributed by atoms with E-state index in [0.29, 0.717) is 12.0 Å². The summed E-state index contributed by atoms with van der Waals surface area (Å²) in [5, 5.41) is 3.26. The summed E-state index contributed by atoms with van der Waals surface area (Å²) < 4.78 is 0. The molecule has 1 aliphatic carbocycles. The summed E-state index contributed by atoms with van der Waals surface area (Å²) >= 11 is 0. The maximum atomic E-state index is 5.41. The molecule has 0 unspecified atom stereocenters. The largest absolute Gasteiger partial charge is 0.353 e. The average Bonchev–Trinajstić information content (AvgIpc) is 3.14. The van der Waals surface area contributed by atoms with E-state index >= 15 is 0 Å². The van der Waals surface area contributed by atoms with Crippen LogP contribution in [0.2, 0.25) is 0 Å². The first-order valence-corrected chi connectivity index (χ1v) is 6.11. The second-order valence-corrected chi connectivity index (χ2v) is 4.47. The first kappa shape index (κ1) is 11.9. The molecule has 0 spiro atoms. The van der Waals surface area contributed by atoms with Crippen molar-refractivity contribution >= 4 is 5.96 Å². The highest BCUT2D eigenvalue weighted by Crippen LogP contribution is 2.18. The Morgan fingerprint density at radius 2 is 2.18 bits per heavy atom. The minimum atomic E-state index is 0.572. The van der Waals surface area contributed by atoms with Crippen molar-refractivity contribution in [3.63, 3.8) is 0 Å². The molecule has 2 rings (SSSR count). The molecule has 4 nitrogen and oxygen atoms in total. The first-order valence-electron chi connectivity index (χ1n) is 6.11. The fraction of sp³-hybridized carbons (Fsp3) is 0.462. The SMILES string of the molecule is Cc1ccccc1CCN=C(NN)NC1CC1. The quantitative estimate of drug-likeness (QED) is 0.315. The van der Waals surface area contributed by atoms with Gasteiger partial charge in [0.05, 0.1) is 0 Å². The second kappa shape index (κ2) is 5.68. The van der Waals surface area contributed by atoms with E-state index in [-0.39, 0.29) is 0 Å². The van der Waals surface area contributed by atoms with Crippen molar-refractivity contribution in [2.24, 2.45) is 10.8 Å². The van der Waals surface area contributed by atoms with Gasteiger partial charge in [-0.05, 0) is 37.3 Å². The molecule has 0 saturated heterocycles. The summed E-state index contributed by atoms with van der Waals surface area (Å²) in [6, 6.07) is 8.97. The zero-order valence-corrected chi connectivity index (χ0v) is 10.2. The Morgan fingerprint density at radius 1 is 1.41 bits per heavy atom. The molecule has 1 aromatic carbocycles. The Morgan fingerprint density at radius 3 is 2.82 bits per heavy atom. The Hall–Kier alpha value is -1.55. The van der Waals surface area contributed by atoms with Crippen LogP contribution in [0.5, 0.6) is 0 Å². The number of benzene rings is 1. The lowest BCUT2D eigenvalue weighted by Crippen LogP contribution is -2.42. The van der Waals surface area contributed by atoms with Crippen LogP contribution < -0.4 is 16.6 Å². The molecular weight excluding hydrogens is 212 g/mol. The van der Waals surface area contributed by atoms with Gasteiger partial charge in [-0.2, -0.15) is 0 Å². The highest BCUT2D eigenvalue weighted by atomic mass is 15.3. The van der Waals surface area contributed by atoms with Gasteiger partial charge in [0, 0.05) is 12.6 Å². The maximum Gasteiger partial charge on any atom is 0.205 e. The van der Waals surface area contributed by atoms with Crippen LogP contribution in [0.3, 0.4) is 0 Å². The fourth-order valence-corrected chi connectivity index (χ4v) is 1.73. The van der Waals surface area contributed by atoms with Crippen molar-refractivity contribution in [3.8, 4) is 0 Å². The van der Waals surface area contributed by atoms with E-state index in [0.717, 1.165) is 13.0 Å². The number of hydrogen-bond donors (Lipinski definition) is 3. The number of rotatable bonds is 4. The lowest BCUT2D eigenvalue weighted by Gasteiger charge is -2.08. The van der Waals surface area contributed by atoms with E-state index in [1.807, 2.05) is 0 Å². The Kier molecular flexibility index (Phi) is 3.98. The summed E-state index contributed by atoms with van der Waals surface area (Å²) in [7, 11) is 0. The number of aliphatic imine (C=N–C) groups is 1. The monoisotopic (exact) mass is 232 g/mol. The molecule has 4 heteroatoms. The highest BCUT2D eigenvalue weighted by molar-refractivity contribution is 5.79. The molecule has 4 N–H and O–H groups in total. The van der Waals surface area contributed by atoms with E-state index in [2.05, 4.69) is 46.9 Å². The molecule has 17 heavy (non-hydrogen) atoms. The van der Waals surface area contributed by atoms with E-state index < -0.39 is 0 Å². The summed E-state index contributed by atoms with van der Waals surface area (Å²) in [5.74, 6) is 6.12. The standard InChI is InChI=1S/C13H20N4/c1-10-4-2-3-5-11(10)8-9-15-13(17-14)16-12-6-7-12/h2-5,12H,6-9,14H2,1H3,(H2,15,16,17). The van der Waals surface area contributed by atoms with Crippen molar-refractivity contribution in [2.45, 2.75) is 32.2 Å². The molecule has 1 fully saturated rings. The lowest BCUT2D eigenvalue weighted by atomic mass is 10.1. The number of nitrogens with zero attached hydrogens (tertiary/aromatic N) is 1. The van der Waals surface area contributed by atoms with Gasteiger partial charge in [0.15, 0.2) is 0 Å². The molecule has 0 aromatic heterocycles. The smallest absolute Gasteiger partial charge is 0.205 e. The summed E-state index contributed by atoms with van der Waals surface area (Å²) in [6.45, 7) is 2.88. The number of hydrogen-bond acceptors (Lipinski definition) is 2.